The normalized spacial score (nSPS) is 15.5. The largest absolute Gasteiger partial charge is 0.392 e. The van der Waals surface area contributed by atoms with E-state index in [-0.39, 0.29) is 12.1 Å². The zero-order valence-corrected chi connectivity index (χ0v) is 9.35. The van der Waals surface area contributed by atoms with Gasteiger partial charge in [-0.2, -0.15) is 0 Å². The molecular weight excluding hydrogens is 192 g/mol. The van der Waals surface area contributed by atoms with E-state index in [0.717, 1.165) is 12.2 Å². The van der Waals surface area contributed by atoms with E-state index in [1.807, 2.05) is 19.0 Å². The molecule has 0 radical (unpaired) electrons. The van der Waals surface area contributed by atoms with Crippen molar-refractivity contribution in [1.82, 2.24) is 14.9 Å². The number of rotatable bonds is 6. The molecule has 4 N–H and O–H groups in total. The Kier molecular flexibility index (Phi) is 4.74. The van der Waals surface area contributed by atoms with Crippen molar-refractivity contribution in [2.75, 3.05) is 20.6 Å². The lowest BCUT2D eigenvalue weighted by Crippen LogP contribution is -2.26. The van der Waals surface area contributed by atoms with Crippen molar-refractivity contribution in [2.24, 2.45) is 5.73 Å². The number of H-pyrrole nitrogens is 1. The Morgan fingerprint density at radius 3 is 2.80 bits per heavy atom. The van der Waals surface area contributed by atoms with E-state index in [1.54, 1.807) is 12.4 Å². The van der Waals surface area contributed by atoms with E-state index in [4.69, 9.17) is 5.73 Å². The van der Waals surface area contributed by atoms with Gasteiger partial charge in [0.05, 0.1) is 12.1 Å². The number of aromatic nitrogens is 2. The van der Waals surface area contributed by atoms with Crippen LogP contribution in [0.2, 0.25) is 0 Å². The Bertz CT molecular complexity index is 260. The fourth-order valence-corrected chi connectivity index (χ4v) is 1.50. The second-order valence-electron chi connectivity index (χ2n) is 4.07. The number of nitrogens with one attached hydrogen (secondary N) is 1. The van der Waals surface area contributed by atoms with Crippen LogP contribution in [-0.2, 0) is 0 Å². The van der Waals surface area contributed by atoms with Gasteiger partial charge in [-0.1, -0.05) is 0 Å². The number of likely N-dealkylation sites (N-methyl/N-ethyl adjacent to an activating group) is 1. The van der Waals surface area contributed by atoms with Crippen LogP contribution in [0.4, 0.5) is 0 Å². The van der Waals surface area contributed by atoms with Gasteiger partial charge >= 0.3 is 0 Å². The van der Waals surface area contributed by atoms with Crippen LogP contribution >= 0.6 is 0 Å². The minimum atomic E-state index is -0.319. The Labute approximate surface area is 90.3 Å². The van der Waals surface area contributed by atoms with Gasteiger partial charge in [0.25, 0.3) is 0 Å². The third-order valence-corrected chi connectivity index (χ3v) is 2.26. The standard InChI is InChI=1S/C10H20N4O/c1-14(2)7-8(15)3-4-9(11)10-12-5-6-13-10/h5-6,8-9,15H,3-4,7,11H2,1-2H3,(H,12,13). The average molecular weight is 212 g/mol. The van der Waals surface area contributed by atoms with Gasteiger partial charge in [0.15, 0.2) is 0 Å². The number of aliphatic hydroxyl groups is 1. The van der Waals surface area contributed by atoms with Crippen LogP contribution in [0.3, 0.4) is 0 Å². The second kappa shape index (κ2) is 5.85. The van der Waals surface area contributed by atoms with E-state index in [9.17, 15) is 5.11 Å². The number of nitrogens with two attached hydrogens (primary N) is 1. The van der Waals surface area contributed by atoms with Crippen molar-refractivity contribution in [3.63, 3.8) is 0 Å². The molecule has 5 nitrogen and oxygen atoms in total. The van der Waals surface area contributed by atoms with Crippen molar-refractivity contribution in [3.05, 3.63) is 18.2 Å². The molecule has 0 aliphatic carbocycles. The molecule has 1 aromatic heterocycles. The van der Waals surface area contributed by atoms with Crippen molar-refractivity contribution in [3.8, 4) is 0 Å². The molecule has 86 valence electrons. The Balaban J connectivity index is 2.25. The summed E-state index contributed by atoms with van der Waals surface area (Å²) in [7, 11) is 3.88. The molecule has 0 aromatic carbocycles. The minimum Gasteiger partial charge on any atom is -0.392 e. The highest BCUT2D eigenvalue weighted by molar-refractivity contribution is 4.93. The summed E-state index contributed by atoms with van der Waals surface area (Å²) >= 11 is 0. The SMILES string of the molecule is CN(C)CC(O)CCC(N)c1ncc[nH]1. The summed E-state index contributed by atoms with van der Waals surface area (Å²) in [6, 6.07) is -0.114. The predicted octanol–water partition coefficient (Wildman–Crippen LogP) is 0.112. The highest BCUT2D eigenvalue weighted by Crippen LogP contribution is 2.12. The zero-order valence-electron chi connectivity index (χ0n) is 9.35. The fraction of sp³-hybridized carbons (Fsp3) is 0.700. The van der Waals surface area contributed by atoms with Crippen molar-refractivity contribution in [2.45, 2.75) is 25.0 Å². The first kappa shape index (κ1) is 12.2. The summed E-state index contributed by atoms with van der Waals surface area (Å²) in [4.78, 5) is 9.02. The third kappa shape index (κ3) is 4.42. The quantitative estimate of drug-likeness (QED) is 0.625. The smallest absolute Gasteiger partial charge is 0.123 e. The third-order valence-electron chi connectivity index (χ3n) is 2.26. The van der Waals surface area contributed by atoms with Gasteiger partial charge < -0.3 is 20.7 Å². The maximum atomic E-state index is 9.64. The van der Waals surface area contributed by atoms with Gasteiger partial charge in [-0.3, -0.25) is 0 Å². The van der Waals surface area contributed by atoms with Crippen LogP contribution in [0.25, 0.3) is 0 Å². The summed E-state index contributed by atoms with van der Waals surface area (Å²) in [5, 5.41) is 9.64. The van der Waals surface area contributed by atoms with Crippen LogP contribution in [0, 0.1) is 0 Å². The molecule has 0 fully saturated rings. The lowest BCUT2D eigenvalue weighted by atomic mass is 10.1. The summed E-state index contributed by atoms with van der Waals surface area (Å²) in [5.41, 5.74) is 5.90. The number of nitrogens with zero attached hydrogens (tertiary/aromatic N) is 2. The van der Waals surface area contributed by atoms with Gasteiger partial charge in [0, 0.05) is 18.9 Å². The van der Waals surface area contributed by atoms with E-state index in [1.165, 1.54) is 0 Å². The average Bonchev–Trinajstić information content (AvgIpc) is 2.65. The molecule has 0 saturated carbocycles. The maximum absolute atomic E-state index is 9.64. The number of imidazole rings is 1. The van der Waals surface area contributed by atoms with Gasteiger partial charge in [0.1, 0.15) is 5.82 Å². The molecule has 1 rings (SSSR count). The van der Waals surface area contributed by atoms with Crippen LogP contribution in [-0.4, -0.2) is 46.7 Å². The van der Waals surface area contributed by atoms with Crippen LogP contribution < -0.4 is 5.73 Å². The Hall–Kier alpha value is -0.910. The van der Waals surface area contributed by atoms with Gasteiger partial charge in [0.2, 0.25) is 0 Å². The lowest BCUT2D eigenvalue weighted by molar-refractivity contribution is 0.123. The highest BCUT2D eigenvalue weighted by atomic mass is 16.3. The van der Waals surface area contributed by atoms with Gasteiger partial charge in [-0.25, -0.2) is 4.98 Å². The molecule has 0 amide bonds. The molecular formula is C10H20N4O. The Morgan fingerprint density at radius 1 is 1.53 bits per heavy atom. The maximum Gasteiger partial charge on any atom is 0.123 e. The van der Waals surface area contributed by atoms with Crippen LogP contribution in [0.15, 0.2) is 12.4 Å². The minimum absolute atomic E-state index is 0.114. The lowest BCUT2D eigenvalue weighted by Gasteiger charge is -2.17. The predicted molar refractivity (Wildman–Crippen MR) is 59.3 cm³/mol. The molecule has 15 heavy (non-hydrogen) atoms. The summed E-state index contributed by atoms with van der Waals surface area (Å²) < 4.78 is 0. The molecule has 0 spiro atoms. The van der Waals surface area contributed by atoms with E-state index in [2.05, 4.69) is 9.97 Å². The molecule has 1 aromatic rings. The van der Waals surface area contributed by atoms with E-state index >= 15 is 0 Å². The molecule has 5 heteroatoms. The number of aliphatic hydroxyl groups excluding tert-OH is 1. The van der Waals surface area contributed by atoms with Crippen molar-refractivity contribution >= 4 is 0 Å². The molecule has 1 heterocycles. The highest BCUT2D eigenvalue weighted by Gasteiger charge is 2.12. The van der Waals surface area contributed by atoms with Crippen molar-refractivity contribution < 1.29 is 5.11 Å². The summed E-state index contributed by atoms with van der Waals surface area (Å²) in [6.07, 6.45) is 4.56. The van der Waals surface area contributed by atoms with Crippen molar-refractivity contribution in [1.29, 1.82) is 0 Å². The van der Waals surface area contributed by atoms with E-state index in [0.29, 0.717) is 13.0 Å². The first-order valence-electron chi connectivity index (χ1n) is 5.17. The molecule has 0 aliphatic heterocycles. The monoisotopic (exact) mass is 212 g/mol. The first-order valence-corrected chi connectivity index (χ1v) is 5.17. The second-order valence-corrected chi connectivity index (χ2v) is 4.07. The topological polar surface area (TPSA) is 78.2 Å². The summed E-state index contributed by atoms with van der Waals surface area (Å²) in [6.45, 7) is 0.672. The number of hydrogen-bond donors (Lipinski definition) is 3. The fourth-order valence-electron chi connectivity index (χ4n) is 1.50. The molecule has 0 aliphatic rings. The number of aromatic amines is 1. The molecule has 0 saturated heterocycles. The van der Waals surface area contributed by atoms with Gasteiger partial charge in [-0.05, 0) is 26.9 Å². The zero-order chi connectivity index (χ0) is 11.3. The number of hydrogen-bond acceptors (Lipinski definition) is 4. The van der Waals surface area contributed by atoms with E-state index < -0.39 is 0 Å². The first-order chi connectivity index (χ1) is 7.09. The van der Waals surface area contributed by atoms with Crippen LogP contribution in [0.5, 0.6) is 0 Å². The summed E-state index contributed by atoms with van der Waals surface area (Å²) in [5.74, 6) is 0.784. The molecule has 2 unspecified atom stereocenters. The molecule has 0 bridgehead atoms. The van der Waals surface area contributed by atoms with Gasteiger partial charge in [-0.15, -0.1) is 0 Å². The Morgan fingerprint density at radius 2 is 2.27 bits per heavy atom. The van der Waals surface area contributed by atoms with Crippen LogP contribution in [0.1, 0.15) is 24.7 Å². The molecule has 2 atom stereocenters.